The number of hydrogen-bond acceptors (Lipinski definition) is 3. The molecule has 3 saturated heterocycles. The maximum Gasteiger partial charge on any atom is 0.308 e. The first kappa shape index (κ1) is 15.4. The third-order valence-electron chi connectivity index (χ3n) is 6.35. The van der Waals surface area contributed by atoms with Gasteiger partial charge in [-0.2, -0.15) is 0 Å². The van der Waals surface area contributed by atoms with E-state index in [1.165, 1.54) is 12.8 Å². The molecule has 0 aromatic carbocycles. The van der Waals surface area contributed by atoms with Crippen LogP contribution in [0.3, 0.4) is 0 Å². The normalized spacial score (nSPS) is 40.2. The maximum absolute atomic E-state index is 12.8. The van der Waals surface area contributed by atoms with Crippen LogP contribution < -0.4 is 0 Å². The molecule has 0 aromatic heterocycles. The molecule has 5 fully saturated rings. The highest BCUT2D eigenvalue weighted by atomic mass is 16.5. The number of nitrogens with zero attached hydrogens (tertiary/aromatic N) is 1. The van der Waals surface area contributed by atoms with Crippen LogP contribution in [0.5, 0.6) is 0 Å². The number of aliphatic carboxylic acids is 1. The molecule has 2 aliphatic carbocycles. The topological polar surface area (TPSA) is 66.8 Å². The summed E-state index contributed by atoms with van der Waals surface area (Å²) in [5.41, 5.74) is 0. The van der Waals surface area contributed by atoms with Gasteiger partial charge in [0.05, 0.1) is 24.5 Å². The van der Waals surface area contributed by atoms with Crippen LogP contribution in [-0.2, 0) is 14.3 Å². The third-order valence-corrected chi connectivity index (χ3v) is 6.35. The summed E-state index contributed by atoms with van der Waals surface area (Å²) in [6.45, 7) is 0.756. The lowest BCUT2D eigenvalue weighted by Crippen LogP contribution is -2.57. The van der Waals surface area contributed by atoms with Crippen LogP contribution >= 0.6 is 0 Å². The zero-order valence-corrected chi connectivity index (χ0v) is 13.7. The number of hydrogen-bond donors (Lipinski definition) is 1. The molecular formula is C18H27NO4. The van der Waals surface area contributed by atoms with E-state index in [-0.39, 0.29) is 24.0 Å². The standard InChI is InChI=1S/C18H27NO4/c20-17(9-13-2-1-3-16(23-13)12-5-6-12)19-10-11-4-7-15(19)14(8-11)18(21)22/h11-16H,1-10H2,(H,21,22)/t11-,13+,14-,15+,16-/m1/s1. The number of carboxylic acids is 1. The Balaban J connectivity index is 1.37. The number of carbonyl (C=O) groups is 2. The van der Waals surface area contributed by atoms with Crippen LogP contribution in [0.4, 0.5) is 0 Å². The molecule has 23 heavy (non-hydrogen) atoms. The molecule has 1 amide bonds. The fraction of sp³-hybridized carbons (Fsp3) is 0.889. The number of carboxylic acid groups (broad SMARTS) is 1. The first-order valence-electron chi connectivity index (χ1n) is 9.29. The number of ether oxygens (including phenoxy) is 1. The van der Waals surface area contributed by atoms with Gasteiger partial charge in [0, 0.05) is 12.6 Å². The van der Waals surface area contributed by atoms with E-state index in [0.29, 0.717) is 18.4 Å². The van der Waals surface area contributed by atoms with Crippen LogP contribution in [0.15, 0.2) is 0 Å². The Morgan fingerprint density at radius 3 is 2.61 bits per heavy atom. The zero-order valence-electron chi connectivity index (χ0n) is 13.7. The summed E-state index contributed by atoms with van der Waals surface area (Å²) in [6.07, 6.45) is 9.35. The molecule has 5 atom stereocenters. The number of rotatable bonds is 4. The molecule has 5 nitrogen and oxygen atoms in total. The highest BCUT2D eigenvalue weighted by Crippen LogP contribution is 2.41. The van der Waals surface area contributed by atoms with Gasteiger partial charge in [0.1, 0.15) is 0 Å². The molecular weight excluding hydrogens is 294 g/mol. The summed E-state index contributed by atoms with van der Waals surface area (Å²) < 4.78 is 6.16. The Morgan fingerprint density at radius 1 is 1.09 bits per heavy atom. The SMILES string of the molecule is O=C(O)[C@@H]1C[C@H]2CC[C@@H]1N(C(=O)C[C@@H]1CCC[C@H](C3CC3)O1)C2. The van der Waals surface area contributed by atoms with E-state index in [0.717, 1.165) is 51.0 Å². The number of piperidine rings is 2. The minimum absolute atomic E-state index is 0.0468. The quantitative estimate of drug-likeness (QED) is 0.863. The van der Waals surface area contributed by atoms with Crippen LogP contribution in [0, 0.1) is 17.8 Å². The Hall–Kier alpha value is -1.10. The predicted molar refractivity (Wildman–Crippen MR) is 83.8 cm³/mol. The Kier molecular flexibility index (Phi) is 4.08. The Bertz CT molecular complexity index is 489. The van der Waals surface area contributed by atoms with E-state index < -0.39 is 5.97 Å². The molecule has 2 saturated carbocycles. The van der Waals surface area contributed by atoms with Crippen molar-refractivity contribution < 1.29 is 19.4 Å². The number of fused-ring (bicyclic) bond motifs is 3. The molecule has 3 aliphatic heterocycles. The fourth-order valence-electron chi connectivity index (χ4n) is 4.95. The second kappa shape index (κ2) is 6.08. The van der Waals surface area contributed by atoms with Gasteiger partial charge in [0.2, 0.25) is 5.91 Å². The molecule has 0 radical (unpaired) electrons. The van der Waals surface area contributed by atoms with Gasteiger partial charge in [-0.05, 0) is 63.2 Å². The zero-order chi connectivity index (χ0) is 16.0. The molecule has 128 valence electrons. The van der Waals surface area contributed by atoms with Crippen molar-refractivity contribution in [1.29, 1.82) is 0 Å². The van der Waals surface area contributed by atoms with Crippen molar-refractivity contribution in [2.45, 2.75) is 76.0 Å². The lowest BCUT2D eigenvalue weighted by Gasteiger charge is -2.49. The van der Waals surface area contributed by atoms with E-state index in [1.54, 1.807) is 0 Å². The first-order valence-corrected chi connectivity index (χ1v) is 9.29. The van der Waals surface area contributed by atoms with E-state index in [4.69, 9.17) is 4.74 Å². The summed E-state index contributed by atoms with van der Waals surface area (Å²) in [5.74, 6) is 0.122. The maximum atomic E-state index is 12.8. The fourth-order valence-corrected chi connectivity index (χ4v) is 4.95. The second-order valence-corrected chi connectivity index (χ2v) is 8.01. The van der Waals surface area contributed by atoms with Gasteiger partial charge in [-0.25, -0.2) is 0 Å². The van der Waals surface area contributed by atoms with Gasteiger partial charge in [0.25, 0.3) is 0 Å². The van der Waals surface area contributed by atoms with Gasteiger partial charge in [0.15, 0.2) is 0 Å². The highest BCUT2D eigenvalue weighted by Gasteiger charge is 2.46. The Morgan fingerprint density at radius 2 is 1.91 bits per heavy atom. The average molecular weight is 321 g/mol. The van der Waals surface area contributed by atoms with Crippen molar-refractivity contribution in [3.63, 3.8) is 0 Å². The third kappa shape index (κ3) is 3.12. The van der Waals surface area contributed by atoms with Crippen molar-refractivity contribution in [3.05, 3.63) is 0 Å². The monoisotopic (exact) mass is 321 g/mol. The van der Waals surface area contributed by atoms with E-state index in [9.17, 15) is 14.7 Å². The molecule has 0 aromatic rings. The van der Waals surface area contributed by atoms with E-state index in [1.807, 2.05) is 4.90 Å². The van der Waals surface area contributed by atoms with Crippen molar-refractivity contribution in [2.75, 3.05) is 6.54 Å². The summed E-state index contributed by atoms with van der Waals surface area (Å²) in [4.78, 5) is 26.1. The van der Waals surface area contributed by atoms with Gasteiger partial charge in [-0.3, -0.25) is 9.59 Å². The predicted octanol–water partition coefficient (Wildman–Crippen LogP) is 2.44. The van der Waals surface area contributed by atoms with Crippen LogP contribution in [0.2, 0.25) is 0 Å². The Labute approximate surface area is 137 Å². The van der Waals surface area contributed by atoms with Gasteiger partial charge in [-0.1, -0.05) is 0 Å². The molecule has 5 rings (SSSR count). The van der Waals surface area contributed by atoms with Gasteiger partial charge in [-0.15, -0.1) is 0 Å². The molecule has 0 unspecified atom stereocenters. The lowest BCUT2D eigenvalue weighted by molar-refractivity contribution is -0.158. The average Bonchev–Trinajstić information content (AvgIpc) is 3.40. The van der Waals surface area contributed by atoms with Crippen LogP contribution in [0.1, 0.15) is 57.8 Å². The summed E-state index contributed by atoms with van der Waals surface area (Å²) in [5, 5.41) is 9.42. The summed E-state index contributed by atoms with van der Waals surface area (Å²) >= 11 is 0. The lowest BCUT2D eigenvalue weighted by atomic mass is 9.72. The number of amides is 1. The molecule has 2 bridgehead atoms. The molecule has 5 heteroatoms. The van der Waals surface area contributed by atoms with Crippen molar-refractivity contribution in [1.82, 2.24) is 4.90 Å². The smallest absolute Gasteiger partial charge is 0.308 e. The number of carbonyl (C=O) groups excluding carboxylic acids is 1. The molecule has 3 heterocycles. The minimum atomic E-state index is -0.736. The summed E-state index contributed by atoms with van der Waals surface area (Å²) in [7, 11) is 0. The van der Waals surface area contributed by atoms with Crippen molar-refractivity contribution in [3.8, 4) is 0 Å². The van der Waals surface area contributed by atoms with E-state index >= 15 is 0 Å². The summed E-state index contributed by atoms with van der Waals surface area (Å²) in [6, 6.07) is -0.0900. The second-order valence-electron chi connectivity index (χ2n) is 8.01. The molecule has 1 N–H and O–H groups in total. The molecule has 5 aliphatic rings. The molecule has 0 spiro atoms. The van der Waals surface area contributed by atoms with Gasteiger partial charge < -0.3 is 14.7 Å². The largest absolute Gasteiger partial charge is 0.481 e. The highest BCUT2D eigenvalue weighted by molar-refractivity contribution is 5.79. The van der Waals surface area contributed by atoms with Gasteiger partial charge >= 0.3 is 5.97 Å². The van der Waals surface area contributed by atoms with Crippen LogP contribution in [0.25, 0.3) is 0 Å². The van der Waals surface area contributed by atoms with Crippen LogP contribution in [-0.4, -0.2) is 46.7 Å². The van der Waals surface area contributed by atoms with Crippen molar-refractivity contribution in [2.24, 2.45) is 17.8 Å². The minimum Gasteiger partial charge on any atom is -0.481 e. The van der Waals surface area contributed by atoms with Crippen molar-refractivity contribution >= 4 is 11.9 Å². The van der Waals surface area contributed by atoms with E-state index in [2.05, 4.69) is 0 Å². The first-order chi connectivity index (χ1) is 11.1.